The van der Waals surface area contributed by atoms with E-state index in [-0.39, 0.29) is 5.41 Å². The summed E-state index contributed by atoms with van der Waals surface area (Å²) in [6.45, 7) is 4.75. The molecule has 0 bridgehead atoms. The molecule has 56 heavy (non-hydrogen) atoms. The maximum atomic E-state index is 5.27. The molecule has 1 aromatic heterocycles. The van der Waals surface area contributed by atoms with E-state index in [0.29, 0.717) is 0 Å². The number of benzene rings is 8. The summed E-state index contributed by atoms with van der Waals surface area (Å²) in [6.07, 6.45) is 0. The Kier molecular flexibility index (Phi) is 7.15. The number of para-hydroxylation sites is 1. The van der Waals surface area contributed by atoms with Crippen molar-refractivity contribution in [2.24, 2.45) is 0 Å². The van der Waals surface area contributed by atoms with Crippen molar-refractivity contribution >= 4 is 10.9 Å². The van der Waals surface area contributed by atoms with Crippen LogP contribution >= 0.6 is 0 Å². The lowest BCUT2D eigenvalue weighted by atomic mass is 9.55. The molecule has 0 atom stereocenters. The van der Waals surface area contributed by atoms with Gasteiger partial charge in [0.05, 0.1) is 16.6 Å². The predicted octanol–water partition coefficient (Wildman–Crippen LogP) is 13.3. The van der Waals surface area contributed by atoms with E-state index in [4.69, 9.17) is 9.97 Å². The van der Waals surface area contributed by atoms with Gasteiger partial charge in [-0.05, 0) is 85.0 Å². The highest BCUT2D eigenvalue weighted by molar-refractivity contribution is 5.95. The van der Waals surface area contributed by atoms with Crippen molar-refractivity contribution in [1.82, 2.24) is 9.97 Å². The highest BCUT2D eigenvalue weighted by atomic mass is 14.9. The van der Waals surface area contributed by atoms with Crippen molar-refractivity contribution in [3.8, 4) is 56.0 Å². The fourth-order valence-electron chi connectivity index (χ4n) is 9.76. The molecule has 264 valence electrons. The number of hydrogen-bond donors (Lipinski definition) is 0. The standard InChI is InChI=1S/C54H38N2/c1-53(2)46-22-9-11-24-48(46)54(49-25-12-10-23-47(49)53)44-21-8-6-19-41(44)43-34-39(31-32-45(43)54)38-17-14-18-40(33-38)52-55-50-26-13-7-20-42(50)51(56-52)37-29-27-36(28-30-37)35-15-4-3-5-16-35/h3-34H,1-2H3. The molecule has 9 aromatic rings. The molecule has 1 spiro atoms. The summed E-state index contributed by atoms with van der Waals surface area (Å²) < 4.78 is 0. The Bertz CT molecular complexity index is 2940. The Hall–Kier alpha value is -6.90. The van der Waals surface area contributed by atoms with Gasteiger partial charge in [0.25, 0.3) is 0 Å². The van der Waals surface area contributed by atoms with E-state index >= 15 is 0 Å². The summed E-state index contributed by atoms with van der Waals surface area (Å²) in [5, 5.41) is 1.04. The van der Waals surface area contributed by atoms with Crippen molar-refractivity contribution in [2.45, 2.75) is 24.7 Å². The summed E-state index contributed by atoms with van der Waals surface area (Å²) in [7, 11) is 0. The van der Waals surface area contributed by atoms with Gasteiger partial charge < -0.3 is 0 Å². The number of fused-ring (bicyclic) bond motifs is 10. The number of nitrogens with zero attached hydrogens (tertiary/aromatic N) is 2. The topological polar surface area (TPSA) is 25.8 Å². The Balaban J connectivity index is 1.04. The zero-order chi connectivity index (χ0) is 37.4. The van der Waals surface area contributed by atoms with Gasteiger partial charge in [0, 0.05) is 21.9 Å². The first-order valence-corrected chi connectivity index (χ1v) is 19.5. The fraction of sp³-hybridized carbons (Fsp3) is 0.0741. The van der Waals surface area contributed by atoms with Gasteiger partial charge in [-0.2, -0.15) is 0 Å². The number of hydrogen-bond acceptors (Lipinski definition) is 2. The molecule has 0 fully saturated rings. The van der Waals surface area contributed by atoms with Crippen LogP contribution in [0.2, 0.25) is 0 Å². The molecule has 1 heterocycles. The number of rotatable bonds is 4. The molecule has 2 heteroatoms. The van der Waals surface area contributed by atoms with Gasteiger partial charge in [-0.1, -0.05) is 190 Å². The van der Waals surface area contributed by atoms with Crippen LogP contribution in [0, 0.1) is 0 Å². The van der Waals surface area contributed by atoms with Crippen LogP contribution in [0.5, 0.6) is 0 Å². The van der Waals surface area contributed by atoms with Crippen LogP contribution < -0.4 is 0 Å². The monoisotopic (exact) mass is 714 g/mol. The molecule has 2 nitrogen and oxygen atoms in total. The molecular weight excluding hydrogens is 677 g/mol. The molecular formula is C54H38N2. The van der Waals surface area contributed by atoms with Crippen LogP contribution in [-0.2, 0) is 10.8 Å². The molecule has 8 aromatic carbocycles. The molecule has 0 saturated heterocycles. The lowest BCUT2D eigenvalue weighted by molar-refractivity contribution is 0.563. The van der Waals surface area contributed by atoms with Gasteiger partial charge in [0.2, 0.25) is 0 Å². The summed E-state index contributed by atoms with van der Waals surface area (Å²) in [5.74, 6) is 0.719. The minimum absolute atomic E-state index is 0.118. The summed E-state index contributed by atoms with van der Waals surface area (Å²) in [5.41, 5.74) is 18.9. The Morgan fingerprint density at radius 1 is 0.339 bits per heavy atom. The minimum atomic E-state index is -0.399. The minimum Gasteiger partial charge on any atom is -0.228 e. The van der Waals surface area contributed by atoms with Gasteiger partial charge in [0.15, 0.2) is 5.82 Å². The molecule has 0 radical (unpaired) electrons. The molecule has 0 amide bonds. The second-order valence-electron chi connectivity index (χ2n) is 15.7. The Morgan fingerprint density at radius 2 is 0.857 bits per heavy atom. The van der Waals surface area contributed by atoms with E-state index in [9.17, 15) is 0 Å². The first kappa shape index (κ1) is 32.5. The lowest BCUT2D eigenvalue weighted by Crippen LogP contribution is -2.40. The van der Waals surface area contributed by atoms with Gasteiger partial charge in [0.1, 0.15) is 0 Å². The largest absolute Gasteiger partial charge is 0.228 e. The summed E-state index contributed by atoms with van der Waals surface area (Å²) >= 11 is 0. The smallest absolute Gasteiger partial charge is 0.160 e. The first-order valence-electron chi connectivity index (χ1n) is 19.5. The second-order valence-corrected chi connectivity index (χ2v) is 15.7. The molecule has 0 saturated carbocycles. The third-order valence-corrected chi connectivity index (χ3v) is 12.4. The van der Waals surface area contributed by atoms with Crippen LogP contribution in [0.1, 0.15) is 47.2 Å². The van der Waals surface area contributed by atoms with Crippen LogP contribution in [0.3, 0.4) is 0 Å². The van der Waals surface area contributed by atoms with E-state index in [0.717, 1.165) is 39.1 Å². The molecule has 0 aliphatic heterocycles. The molecule has 0 N–H and O–H groups in total. The second kappa shape index (κ2) is 12.3. The molecule has 0 unspecified atom stereocenters. The summed E-state index contributed by atoms with van der Waals surface area (Å²) in [6, 6.07) is 70.7. The lowest BCUT2D eigenvalue weighted by Gasteiger charge is -2.46. The van der Waals surface area contributed by atoms with Crippen molar-refractivity contribution in [1.29, 1.82) is 0 Å². The van der Waals surface area contributed by atoms with Gasteiger partial charge in [-0.15, -0.1) is 0 Å². The van der Waals surface area contributed by atoms with E-state index in [2.05, 4.69) is 208 Å². The summed E-state index contributed by atoms with van der Waals surface area (Å²) in [4.78, 5) is 10.4. The van der Waals surface area contributed by atoms with E-state index in [1.165, 1.54) is 61.2 Å². The number of aromatic nitrogens is 2. The fourth-order valence-corrected chi connectivity index (χ4v) is 9.76. The average molecular weight is 715 g/mol. The average Bonchev–Trinajstić information content (AvgIpc) is 3.56. The van der Waals surface area contributed by atoms with Crippen molar-refractivity contribution < 1.29 is 0 Å². The van der Waals surface area contributed by atoms with Crippen LogP contribution in [0.25, 0.3) is 66.9 Å². The quantitative estimate of drug-likeness (QED) is 0.181. The maximum Gasteiger partial charge on any atom is 0.160 e. The molecule has 2 aliphatic rings. The molecule has 11 rings (SSSR count). The maximum absolute atomic E-state index is 5.27. The Labute approximate surface area is 327 Å². The van der Waals surface area contributed by atoms with Gasteiger partial charge in [-0.25, -0.2) is 9.97 Å². The highest BCUT2D eigenvalue weighted by Crippen LogP contribution is 2.62. The van der Waals surface area contributed by atoms with Crippen molar-refractivity contribution in [3.05, 3.63) is 228 Å². The van der Waals surface area contributed by atoms with Crippen LogP contribution in [0.15, 0.2) is 194 Å². The zero-order valence-corrected chi connectivity index (χ0v) is 31.4. The Morgan fingerprint density at radius 3 is 1.61 bits per heavy atom. The van der Waals surface area contributed by atoms with E-state index in [1.54, 1.807) is 0 Å². The van der Waals surface area contributed by atoms with Crippen LogP contribution in [0.4, 0.5) is 0 Å². The third kappa shape index (κ3) is 4.69. The van der Waals surface area contributed by atoms with Gasteiger partial charge in [-0.3, -0.25) is 0 Å². The first-order chi connectivity index (χ1) is 27.5. The van der Waals surface area contributed by atoms with Crippen molar-refractivity contribution in [2.75, 3.05) is 0 Å². The SMILES string of the molecule is CC1(C)c2ccccc2C2(c3ccccc3-c3cc(-c4cccc(-c5nc(-c6ccc(-c7ccccc7)cc6)c6ccccc6n5)c4)ccc32)c2ccccc21. The molecule has 2 aliphatic carbocycles. The van der Waals surface area contributed by atoms with Gasteiger partial charge >= 0.3 is 0 Å². The van der Waals surface area contributed by atoms with E-state index in [1.807, 2.05) is 0 Å². The zero-order valence-electron chi connectivity index (χ0n) is 31.4. The third-order valence-electron chi connectivity index (χ3n) is 12.4. The van der Waals surface area contributed by atoms with E-state index < -0.39 is 5.41 Å². The highest BCUT2D eigenvalue weighted by Gasteiger charge is 2.53. The van der Waals surface area contributed by atoms with Crippen LogP contribution in [-0.4, -0.2) is 9.97 Å². The predicted molar refractivity (Wildman–Crippen MR) is 231 cm³/mol. The van der Waals surface area contributed by atoms with Crippen molar-refractivity contribution in [3.63, 3.8) is 0 Å². The normalized spacial score (nSPS) is 14.2.